The smallest absolute Gasteiger partial charge is 0.230 e. The van der Waals surface area contributed by atoms with Crippen LogP contribution in [0.3, 0.4) is 0 Å². The lowest BCUT2D eigenvalue weighted by molar-refractivity contribution is -0.133. The molecule has 5 nitrogen and oxygen atoms in total. The Labute approximate surface area is 176 Å². The fourth-order valence-corrected chi connectivity index (χ4v) is 4.54. The van der Waals surface area contributed by atoms with Crippen LogP contribution in [0.15, 0.2) is 60.7 Å². The van der Waals surface area contributed by atoms with E-state index in [2.05, 4.69) is 40.5 Å². The number of nitrogens with zero attached hydrogens (tertiary/aromatic N) is 4. The monoisotopic (exact) mass is 406 g/mol. The minimum absolute atomic E-state index is 0.0539. The molecule has 1 saturated heterocycles. The van der Waals surface area contributed by atoms with E-state index in [0.29, 0.717) is 0 Å². The van der Waals surface area contributed by atoms with Gasteiger partial charge in [0.2, 0.25) is 11.0 Å². The summed E-state index contributed by atoms with van der Waals surface area (Å²) < 4.78 is 4.53. The molecule has 4 rings (SSSR count). The number of carbonyl (C=O) groups excluding carboxylic acids is 1. The molecule has 0 bridgehead atoms. The van der Waals surface area contributed by atoms with E-state index in [0.717, 1.165) is 55.5 Å². The molecule has 3 aromatic rings. The zero-order valence-corrected chi connectivity index (χ0v) is 17.5. The summed E-state index contributed by atoms with van der Waals surface area (Å²) in [5.74, 6) is 1.05. The van der Waals surface area contributed by atoms with E-state index in [1.54, 1.807) is 0 Å². The van der Waals surface area contributed by atoms with Gasteiger partial charge in [0, 0.05) is 44.1 Å². The second-order valence-corrected chi connectivity index (χ2v) is 8.07. The van der Waals surface area contributed by atoms with Gasteiger partial charge < -0.3 is 9.80 Å². The topological polar surface area (TPSA) is 49.3 Å². The molecule has 0 aliphatic carbocycles. The molecular weight excluding hydrogens is 380 g/mol. The van der Waals surface area contributed by atoms with E-state index in [-0.39, 0.29) is 11.8 Å². The normalized spacial score (nSPS) is 15.3. The minimum atomic E-state index is -0.0539. The van der Waals surface area contributed by atoms with Crippen LogP contribution in [-0.2, 0) is 11.2 Å². The third-order valence-electron chi connectivity index (χ3n) is 5.43. The lowest BCUT2D eigenvalue weighted by Crippen LogP contribution is -2.50. The van der Waals surface area contributed by atoms with Gasteiger partial charge in [-0.25, -0.2) is 4.98 Å². The van der Waals surface area contributed by atoms with Crippen LogP contribution in [0.1, 0.15) is 36.2 Å². The van der Waals surface area contributed by atoms with Crippen molar-refractivity contribution in [2.24, 2.45) is 0 Å². The average molecular weight is 407 g/mol. The van der Waals surface area contributed by atoms with Crippen molar-refractivity contribution in [1.82, 2.24) is 14.3 Å². The van der Waals surface area contributed by atoms with Gasteiger partial charge >= 0.3 is 0 Å². The molecule has 0 saturated carbocycles. The summed E-state index contributed by atoms with van der Waals surface area (Å²) in [4.78, 5) is 22.0. The Kier molecular flexibility index (Phi) is 6.20. The first kappa shape index (κ1) is 19.6. The van der Waals surface area contributed by atoms with Crippen LogP contribution in [0.4, 0.5) is 5.13 Å². The van der Waals surface area contributed by atoms with E-state index in [9.17, 15) is 4.79 Å². The van der Waals surface area contributed by atoms with Crippen molar-refractivity contribution in [3.63, 3.8) is 0 Å². The van der Waals surface area contributed by atoms with Crippen molar-refractivity contribution in [3.8, 4) is 0 Å². The molecule has 1 amide bonds. The van der Waals surface area contributed by atoms with Crippen LogP contribution in [-0.4, -0.2) is 46.3 Å². The van der Waals surface area contributed by atoms with Gasteiger partial charge in [0.25, 0.3) is 0 Å². The summed E-state index contributed by atoms with van der Waals surface area (Å²) in [6, 6.07) is 20.4. The SMILES string of the molecule is CC[C@@H](C(=O)N1CCN(c2nc(Cc3ccccc3)ns2)CC1)c1ccccc1. The molecule has 1 aromatic heterocycles. The standard InChI is InChI=1S/C23H26N4OS/c1-2-20(19-11-7-4-8-12-19)22(28)26-13-15-27(16-14-26)23-24-21(25-29-23)17-18-9-5-3-6-10-18/h3-12,20H,2,13-17H2,1H3/t20-/m1/s1. The van der Waals surface area contributed by atoms with Gasteiger partial charge in [-0.1, -0.05) is 67.6 Å². The predicted molar refractivity (Wildman–Crippen MR) is 117 cm³/mol. The minimum Gasteiger partial charge on any atom is -0.343 e. The average Bonchev–Trinajstić information content (AvgIpc) is 3.24. The number of hydrogen-bond acceptors (Lipinski definition) is 5. The third-order valence-corrected chi connectivity index (χ3v) is 6.25. The Hall–Kier alpha value is -2.73. The Morgan fingerprint density at radius 3 is 2.31 bits per heavy atom. The lowest BCUT2D eigenvalue weighted by atomic mass is 9.95. The van der Waals surface area contributed by atoms with E-state index in [1.165, 1.54) is 17.1 Å². The first-order valence-electron chi connectivity index (χ1n) is 10.2. The molecule has 0 spiro atoms. The molecule has 1 fully saturated rings. The quantitative estimate of drug-likeness (QED) is 0.621. The number of hydrogen-bond donors (Lipinski definition) is 0. The fourth-order valence-electron chi connectivity index (χ4n) is 3.80. The van der Waals surface area contributed by atoms with Crippen molar-refractivity contribution in [1.29, 1.82) is 0 Å². The number of piperazine rings is 1. The maximum Gasteiger partial charge on any atom is 0.230 e. The van der Waals surface area contributed by atoms with Gasteiger partial charge in [0.15, 0.2) is 0 Å². The second-order valence-electron chi connectivity index (χ2n) is 7.34. The number of rotatable bonds is 6. The molecule has 0 N–H and O–H groups in total. The highest BCUT2D eigenvalue weighted by Crippen LogP contribution is 2.25. The Bertz CT molecular complexity index is 920. The van der Waals surface area contributed by atoms with E-state index < -0.39 is 0 Å². The molecule has 6 heteroatoms. The van der Waals surface area contributed by atoms with Crippen molar-refractivity contribution in [2.75, 3.05) is 31.1 Å². The molecule has 2 aromatic carbocycles. The summed E-state index contributed by atoms with van der Waals surface area (Å²) in [5, 5.41) is 0.957. The molecule has 0 radical (unpaired) electrons. The Morgan fingerprint density at radius 1 is 1.00 bits per heavy atom. The van der Waals surface area contributed by atoms with Crippen molar-refractivity contribution in [2.45, 2.75) is 25.7 Å². The van der Waals surface area contributed by atoms with Crippen molar-refractivity contribution in [3.05, 3.63) is 77.6 Å². The van der Waals surface area contributed by atoms with Crippen molar-refractivity contribution >= 4 is 22.6 Å². The molecular formula is C23H26N4OS. The highest BCUT2D eigenvalue weighted by molar-refractivity contribution is 7.09. The number of aromatic nitrogens is 2. The maximum atomic E-state index is 13.1. The van der Waals surface area contributed by atoms with Crippen LogP contribution in [0.25, 0.3) is 0 Å². The second kappa shape index (κ2) is 9.18. The van der Waals surface area contributed by atoms with Crippen molar-refractivity contribution < 1.29 is 4.79 Å². The van der Waals surface area contributed by atoms with Crippen LogP contribution in [0, 0.1) is 0 Å². The first-order chi connectivity index (χ1) is 14.2. The number of carbonyl (C=O) groups is 1. The molecule has 29 heavy (non-hydrogen) atoms. The maximum absolute atomic E-state index is 13.1. The molecule has 1 aliphatic heterocycles. The van der Waals surface area contributed by atoms with Crippen LogP contribution >= 0.6 is 11.5 Å². The molecule has 0 unspecified atom stereocenters. The number of benzene rings is 2. The van der Waals surface area contributed by atoms with Crippen LogP contribution in [0.2, 0.25) is 0 Å². The van der Waals surface area contributed by atoms with Crippen LogP contribution < -0.4 is 4.90 Å². The molecule has 1 atom stereocenters. The molecule has 150 valence electrons. The Morgan fingerprint density at radius 2 is 1.66 bits per heavy atom. The third kappa shape index (κ3) is 4.65. The summed E-state index contributed by atoms with van der Waals surface area (Å²) in [6.07, 6.45) is 1.58. The summed E-state index contributed by atoms with van der Waals surface area (Å²) in [6.45, 7) is 5.15. The zero-order chi connectivity index (χ0) is 20.1. The Balaban J connectivity index is 1.35. The van der Waals surface area contributed by atoms with Gasteiger partial charge in [-0.05, 0) is 17.5 Å². The number of amides is 1. The summed E-state index contributed by atoms with van der Waals surface area (Å²) >= 11 is 1.45. The van der Waals surface area contributed by atoms with E-state index in [4.69, 9.17) is 4.98 Å². The molecule has 1 aliphatic rings. The van der Waals surface area contributed by atoms with Gasteiger partial charge in [-0.15, -0.1) is 0 Å². The largest absolute Gasteiger partial charge is 0.343 e. The summed E-state index contributed by atoms with van der Waals surface area (Å²) in [5.41, 5.74) is 2.33. The highest BCUT2D eigenvalue weighted by Gasteiger charge is 2.28. The van der Waals surface area contributed by atoms with Gasteiger partial charge in [0.05, 0.1) is 5.92 Å². The zero-order valence-electron chi connectivity index (χ0n) is 16.7. The lowest BCUT2D eigenvalue weighted by Gasteiger charge is -2.36. The highest BCUT2D eigenvalue weighted by atomic mass is 32.1. The van der Waals surface area contributed by atoms with E-state index in [1.807, 2.05) is 41.3 Å². The van der Waals surface area contributed by atoms with Crippen LogP contribution in [0.5, 0.6) is 0 Å². The number of anilines is 1. The van der Waals surface area contributed by atoms with Gasteiger partial charge in [-0.2, -0.15) is 4.37 Å². The van der Waals surface area contributed by atoms with Gasteiger partial charge in [0.1, 0.15) is 5.82 Å². The molecule has 2 heterocycles. The fraction of sp³-hybridized carbons (Fsp3) is 0.348. The first-order valence-corrected chi connectivity index (χ1v) is 11.0. The summed E-state index contributed by atoms with van der Waals surface area (Å²) in [7, 11) is 0. The predicted octanol–water partition coefficient (Wildman–Crippen LogP) is 3.97. The van der Waals surface area contributed by atoms with Gasteiger partial charge in [-0.3, -0.25) is 4.79 Å². The van der Waals surface area contributed by atoms with E-state index >= 15 is 0 Å².